The minimum atomic E-state index is 0.486. The van der Waals surface area contributed by atoms with Gasteiger partial charge in [-0.05, 0) is 46.5 Å². The highest BCUT2D eigenvalue weighted by Crippen LogP contribution is 2.46. The summed E-state index contributed by atoms with van der Waals surface area (Å²) in [5.74, 6) is 0.486. The Morgan fingerprint density at radius 3 is 1.61 bits per heavy atom. The highest BCUT2D eigenvalue weighted by atomic mass is 79.9. The van der Waals surface area contributed by atoms with Gasteiger partial charge < -0.3 is 0 Å². The molecule has 0 unspecified atom stereocenters. The van der Waals surface area contributed by atoms with E-state index in [-0.39, 0.29) is 0 Å². The van der Waals surface area contributed by atoms with Crippen molar-refractivity contribution >= 4 is 31.9 Å². The fourth-order valence-corrected chi connectivity index (χ4v) is 3.20. The van der Waals surface area contributed by atoms with Crippen molar-refractivity contribution in [1.82, 2.24) is 0 Å². The van der Waals surface area contributed by atoms with Crippen LogP contribution in [0.3, 0.4) is 0 Å². The summed E-state index contributed by atoms with van der Waals surface area (Å²) in [6, 6.07) is 13.1. The molecule has 1 aliphatic carbocycles. The van der Waals surface area contributed by atoms with E-state index < -0.39 is 0 Å². The lowest BCUT2D eigenvalue weighted by molar-refractivity contribution is 0.954. The molecule has 0 atom stereocenters. The summed E-state index contributed by atoms with van der Waals surface area (Å²) >= 11 is 7.08. The molecular formula is C16H14Br2. The molecule has 0 nitrogen and oxygen atoms in total. The predicted molar refractivity (Wildman–Crippen MR) is 86.0 cm³/mol. The fraction of sp³-hybridized carbons (Fsp3) is 0.125. The molecule has 2 aromatic carbocycles. The monoisotopic (exact) mass is 364 g/mol. The van der Waals surface area contributed by atoms with Crippen LogP contribution in [0.1, 0.15) is 24.0 Å². The molecule has 0 radical (unpaired) electrons. The first kappa shape index (κ1) is 13.6. The number of hydrogen-bond donors (Lipinski definition) is 0. The summed E-state index contributed by atoms with van der Waals surface area (Å²) in [7, 11) is 0. The van der Waals surface area contributed by atoms with E-state index in [4.69, 9.17) is 0 Å². The van der Waals surface area contributed by atoms with Crippen LogP contribution in [0.4, 0.5) is 0 Å². The molecule has 18 heavy (non-hydrogen) atoms. The maximum atomic E-state index is 3.54. The molecule has 2 aromatic rings. The Balaban J connectivity index is 0.000000574. The summed E-state index contributed by atoms with van der Waals surface area (Å²) in [5, 5.41) is 0. The van der Waals surface area contributed by atoms with Crippen LogP contribution in [0.25, 0.3) is 11.1 Å². The van der Waals surface area contributed by atoms with Crippen molar-refractivity contribution < 1.29 is 0 Å². The van der Waals surface area contributed by atoms with E-state index >= 15 is 0 Å². The van der Waals surface area contributed by atoms with E-state index in [0.29, 0.717) is 5.92 Å². The summed E-state index contributed by atoms with van der Waals surface area (Å²) < 4.78 is 2.31. The zero-order valence-electron chi connectivity index (χ0n) is 10.2. The summed E-state index contributed by atoms with van der Waals surface area (Å²) in [6.45, 7) is 8.27. The van der Waals surface area contributed by atoms with Gasteiger partial charge in [-0.2, -0.15) is 0 Å². The van der Waals surface area contributed by atoms with Gasteiger partial charge in [-0.25, -0.2) is 0 Å². The third kappa shape index (κ3) is 2.19. The normalized spacial score (nSPS) is 12.4. The molecule has 0 bridgehead atoms. The maximum Gasteiger partial charge on any atom is 0.0178 e. The van der Waals surface area contributed by atoms with Crippen LogP contribution < -0.4 is 0 Å². The molecule has 0 aliphatic heterocycles. The van der Waals surface area contributed by atoms with Gasteiger partial charge in [0, 0.05) is 14.9 Å². The molecule has 3 rings (SSSR count). The Labute approximate surface area is 125 Å². The highest BCUT2D eigenvalue weighted by Gasteiger charge is 2.25. The van der Waals surface area contributed by atoms with Gasteiger partial charge in [0.2, 0.25) is 0 Å². The molecule has 0 fully saturated rings. The van der Waals surface area contributed by atoms with Gasteiger partial charge in [0.15, 0.2) is 0 Å². The van der Waals surface area contributed by atoms with Crippen LogP contribution in [0.2, 0.25) is 0 Å². The van der Waals surface area contributed by atoms with E-state index in [0.717, 1.165) is 8.95 Å². The first-order valence-corrected chi connectivity index (χ1v) is 7.34. The van der Waals surface area contributed by atoms with Crippen molar-refractivity contribution in [3.05, 3.63) is 69.6 Å². The number of rotatable bonds is 0. The quantitative estimate of drug-likeness (QED) is 0.491. The lowest BCUT2D eigenvalue weighted by Crippen LogP contribution is -1.89. The second kappa shape index (κ2) is 5.41. The van der Waals surface area contributed by atoms with Gasteiger partial charge in [0.1, 0.15) is 0 Å². The van der Waals surface area contributed by atoms with Gasteiger partial charge in [-0.3, -0.25) is 0 Å². The van der Waals surface area contributed by atoms with Crippen molar-refractivity contribution in [3.8, 4) is 11.1 Å². The Morgan fingerprint density at radius 2 is 1.22 bits per heavy atom. The van der Waals surface area contributed by atoms with Crippen molar-refractivity contribution in [3.63, 3.8) is 0 Å². The number of hydrogen-bond acceptors (Lipinski definition) is 0. The van der Waals surface area contributed by atoms with Crippen LogP contribution in [-0.2, 0) is 0 Å². The van der Waals surface area contributed by atoms with Crippen LogP contribution >= 0.6 is 31.9 Å². The second-order valence-electron chi connectivity index (χ2n) is 4.18. The molecule has 1 aliphatic rings. The third-order valence-electron chi connectivity index (χ3n) is 3.25. The van der Waals surface area contributed by atoms with E-state index in [2.05, 4.69) is 88.3 Å². The topological polar surface area (TPSA) is 0 Å². The standard InChI is InChI=1S/C14H10Br2.C2H4/c1-8-13-6-9(15)2-4-11(13)12-5-3-10(16)7-14(8)12;1-2/h2-8H,1H3;1-2H2. The minimum absolute atomic E-state index is 0.486. The SMILES string of the molecule is C=C.CC1c2cc(Br)ccc2-c2ccc(Br)cc21. The summed E-state index contributed by atoms with van der Waals surface area (Å²) in [5.41, 5.74) is 5.58. The third-order valence-corrected chi connectivity index (χ3v) is 4.24. The van der Waals surface area contributed by atoms with Crippen molar-refractivity contribution in [1.29, 1.82) is 0 Å². The number of halogens is 2. The molecule has 92 valence electrons. The number of benzene rings is 2. The van der Waals surface area contributed by atoms with Crippen LogP contribution in [0.15, 0.2) is 58.5 Å². The summed E-state index contributed by atoms with van der Waals surface area (Å²) in [4.78, 5) is 0. The number of fused-ring (bicyclic) bond motifs is 3. The zero-order valence-corrected chi connectivity index (χ0v) is 13.4. The van der Waals surface area contributed by atoms with E-state index in [1.807, 2.05) is 0 Å². The van der Waals surface area contributed by atoms with E-state index in [1.54, 1.807) is 0 Å². The van der Waals surface area contributed by atoms with Gasteiger partial charge >= 0.3 is 0 Å². The average Bonchev–Trinajstić information content (AvgIpc) is 2.65. The smallest absolute Gasteiger partial charge is 0.0178 e. The maximum absolute atomic E-state index is 3.54. The lowest BCUT2D eigenvalue weighted by atomic mass is 10.00. The minimum Gasteiger partial charge on any atom is -0.106 e. The van der Waals surface area contributed by atoms with Gasteiger partial charge in [0.25, 0.3) is 0 Å². The van der Waals surface area contributed by atoms with Crippen molar-refractivity contribution in [2.75, 3.05) is 0 Å². The summed E-state index contributed by atoms with van der Waals surface area (Å²) in [6.07, 6.45) is 0. The molecule has 0 saturated carbocycles. The van der Waals surface area contributed by atoms with E-state index in [9.17, 15) is 0 Å². The highest BCUT2D eigenvalue weighted by molar-refractivity contribution is 9.10. The van der Waals surface area contributed by atoms with Crippen molar-refractivity contribution in [2.45, 2.75) is 12.8 Å². The van der Waals surface area contributed by atoms with Crippen LogP contribution in [0, 0.1) is 0 Å². The molecule has 0 amide bonds. The molecule has 0 saturated heterocycles. The van der Waals surface area contributed by atoms with Crippen LogP contribution in [-0.4, -0.2) is 0 Å². The lowest BCUT2D eigenvalue weighted by Gasteiger charge is -2.06. The largest absolute Gasteiger partial charge is 0.106 e. The Kier molecular flexibility index (Phi) is 4.08. The van der Waals surface area contributed by atoms with Gasteiger partial charge in [0.05, 0.1) is 0 Å². The predicted octanol–water partition coefficient (Wildman–Crippen LogP) is 6.15. The molecular weight excluding hydrogens is 352 g/mol. The Hall–Kier alpha value is -0.860. The van der Waals surface area contributed by atoms with Crippen LogP contribution in [0.5, 0.6) is 0 Å². The first-order valence-electron chi connectivity index (χ1n) is 5.76. The molecule has 2 heteroatoms. The molecule has 0 N–H and O–H groups in total. The molecule has 0 spiro atoms. The molecule has 0 heterocycles. The van der Waals surface area contributed by atoms with Crippen molar-refractivity contribution in [2.24, 2.45) is 0 Å². The van der Waals surface area contributed by atoms with E-state index in [1.165, 1.54) is 22.3 Å². The average molecular weight is 366 g/mol. The van der Waals surface area contributed by atoms with Gasteiger partial charge in [-0.15, -0.1) is 13.2 Å². The Morgan fingerprint density at radius 1 is 0.833 bits per heavy atom. The fourth-order valence-electron chi connectivity index (χ4n) is 2.44. The Bertz CT molecular complexity index is 536. The zero-order chi connectivity index (χ0) is 13.3. The second-order valence-corrected chi connectivity index (χ2v) is 6.02. The first-order chi connectivity index (χ1) is 8.66. The molecule has 0 aromatic heterocycles. The van der Waals surface area contributed by atoms with Gasteiger partial charge in [-0.1, -0.05) is 50.9 Å².